The fraction of sp³-hybridized carbons (Fsp3) is 0.267. The number of methoxy groups -OCH3 is 2. The first-order valence-corrected chi connectivity index (χ1v) is 6.96. The van der Waals surface area contributed by atoms with Gasteiger partial charge in [0.15, 0.2) is 17.0 Å². The number of ether oxygens (including phenoxy) is 2. The van der Waals surface area contributed by atoms with Crippen LogP contribution in [0, 0.1) is 0 Å². The van der Waals surface area contributed by atoms with E-state index in [0.717, 1.165) is 35.8 Å². The lowest BCUT2D eigenvalue weighted by Gasteiger charge is -2.09. The standard InChI is InChI=1S/C15H17N5O2/c1-21-11-4-3-10(7-12(11)22-2)5-6-16-14-13-15(18-8-17-13)20-9-19-14/h3-4,7-9H,5-6H2,1-2H3,(H2,16,17,18,19,20)/p+1. The van der Waals surface area contributed by atoms with Crippen LogP contribution >= 0.6 is 0 Å². The number of hydrogen-bond donors (Lipinski definition) is 2. The molecule has 7 heteroatoms. The molecule has 7 nitrogen and oxygen atoms in total. The molecule has 0 aliphatic carbocycles. The van der Waals surface area contributed by atoms with Crippen LogP contribution in [0.15, 0.2) is 30.9 Å². The summed E-state index contributed by atoms with van der Waals surface area (Å²) in [6.45, 7) is 0.768. The van der Waals surface area contributed by atoms with Crippen LogP contribution in [0.5, 0.6) is 11.5 Å². The predicted molar refractivity (Wildman–Crippen MR) is 82.2 cm³/mol. The van der Waals surface area contributed by atoms with Crippen molar-refractivity contribution in [2.45, 2.75) is 6.42 Å². The number of benzene rings is 1. The van der Waals surface area contributed by atoms with E-state index < -0.39 is 0 Å². The van der Waals surface area contributed by atoms with E-state index >= 15 is 0 Å². The lowest BCUT2D eigenvalue weighted by molar-refractivity contribution is -0.364. The molecule has 3 aromatic rings. The SMILES string of the molecule is COc1ccc(CCNc2[nH+]cnc3nc[nH]c23)cc1OC. The third-order valence-electron chi connectivity index (χ3n) is 3.43. The molecule has 0 amide bonds. The minimum absolute atomic E-state index is 0.687. The van der Waals surface area contributed by atoms with Gasteiger partial charge < -0.3 is 19.8 Å². The first-order chi connectivity index (χ1) is 10.8. The quantitative estimate of drug-likeness (QED) is 0.719. The Morgan fingerprint density at radius 1 is 1.18 bits per heavy atom. The molecule has 0 radical (unpaired) electrons. The second-order valence-corrected chi connectivity index (χ2v) is 4.74. The Kier molecular flexibility index (Phi) is 4.04. The highest BCUT2D eigenvalue weighted by Gasteiger charge is 2.11. The number of aromatic amines is 2. The summed E-state index contributed by atoms with van der Waals surface area (Å²) >= 11 is 0. The molecule has 114 valence electrons. The normalized spacial score (nSPS) is 10.6. The van der Waals surface area contributed by atoms with E-state index in [9.17, 15) is 0 Å². The van der Waals surface area contributed by atoms with Gasteiger partial charge in [-0.1, -0.05) is 11.1 Å². The maximum absolute atomic E-state index is 5.32. The third kappa shape index (κ3) is 2.78. The van der Waals surface area contributed by atoms with Crippen LogP contribution in [0.4, 0.5) is 5.82 Å². The minimum Gasteiger partial charge on any atom is -0.493 e. The summed E-state index contributed by atoms with van der Waals surface area (Å²) in [5.41, 5.74) is 2.72. The first-order valence-electron chi connectivity index (χ1n) is 6.96. The van der Waals surface area contributed by atoms with Crippen LogP contribution in [-0.2, 0) is 6.42 Å². The Hall–Kier alpha value is -2.83. The smallest absolute Gasteiger partial charge is 0.260 e. The summed E-state index contributed by atoms with van der Waals surface area (Å²) in [6, 6.07) is 5.94. The third-order valence-corrected chi connectivity index (χ3v) is 3.43. The summed E-state index contributed by atoms with van der Waals surface area (Å²) in [4.78, 5) is 14.4. The van der Waals surface area contributed by atoms with Gasteiger partial charge in [-0.05, 0) is 17.7 Å². The zero-order valence-corrected chi connectivity index (χ0v) is 12.5. The predicted octanol–water partition coefficient (Wildman–Crippen LogP) is 1.44. The van der Waals surface area contributed by atoms with Crippen LogP contribution in [0.1, 0.15) is 5.56 Å². The molecule has 3 rings (SSSR count). The maximum atomic E-state index is 5.32. The van der Waals surface area contributed by atoms with Gasteiger partial charge in [0, 0.05) is 6.42 Å². The number of nitrogens with one attached hydrogen (secondary N) is 3. The van der Waals surface area contributed by atoms with Gasteiger partial charge in [0.05, 0.1) is 27.1 Å². The fourth-order valence-electron chi connectivity index (χ4n) is 2.31. The van der Waals surface area contributed by atoms with E-state index in [4.69, 9.17) is 9.47 Å². The minimum atomic E-state index is 0.687. The average molecular weight is 300 g/mol. The van der Waals surface area contributed by atoms with Crippen molar-refractivity contribution < 1.29 is 14.5 Å². The van der Waals surface area contributed by atoms with Crippen molar-refractivity contribution >= 4 is 17.0 Å². The molecule has 22 heavy (non-hydrogen) atoms. The molecule has 3 N–H and O–H groups in total. The van der Waals surface area contributed by atoms with Gasteiger partial charge in [0.25, 0.3) is 5.65 Å². The van der Waals surface area contributed by atoms with E-state index in [1.54, 1.807) is 26.9 Å². The summed E-state index contributed by atoms with van der Waals surface area (Å²) in [5.74, 6) is 2.36. The Morgan fingerprint density at radius 3 is 2.86 bits per heavy atom. The van der Waals surface area contributed by atoms with Crippen molar-refractivity contribution in [3.63, 3.8) is 0 Å². The Morgan fingerprint density at radius 2 is 2.05 bits per heavy atom. The molecule has 0 saturated carbocycles. The van der Waals surface area contributed by atoms with Crippen LogP contribution in [0.3, 0.4) is 0 Å². The van der Waals surface area contributed by atoms with Gasteiger partial charge in [-0.25, -0.2) is 9.97 Å². The van der Waals surface area contributed by atoms with E-state index in [2.05, 4.69) is 25.3 Å². The molecule has 2 aromatic heterocycles. The molecular formula is C15H18N5O2+. The van der Waals surface area contributed by atoms with E-state index in [-0.39, 0.29) is 0 Å². The molecule has 1 aromatic carbocycles. The zero-order valence-electron chi connectivity index (χ0n) is 12.5. The van der Waals surface area contributed by atoms with E-state index in [1.807, 2.05) is 18.2 Å². The van der Waals surface area contributed by atoms with Crippen LogP contribution in [-0.4, -0.2) is 35.7 Å². The van der Waals surface area contributed by atoms with E-state index in [0.29, 0.717) is 5.65 Å². The summed E-state index contributed by atoms with van der Waals surface area (Å²) < 4.78 is 10.6. The molecule has 0 aliphatic heterocycles. The van der Waals surface area contributed by atoms with Crippen molar-refractivity contribution in [3.05, 3.63) is 36.4 Å². The molecule has 0 bridgehead atoms. The second kappa shape index (κ2) is 6.30. The molecule has 0 atom stereocenters. The van der Waals surface area contributed by atoms with Crippen molar-refractivity contribution in [1.29, 1.82) is 0 Å². The molecule has 0 aliphatic rings. The summed E-state index contributed by atoms with van der Waals surface area (Å²) in [5, 5.41) is 3.35. The number of fused-ring (bicyclic) bond motifs is 1. The summed E-state index contributed by atoms with van der Waals surface area (Å²) in [6.07, 6.45) is 4.11. The van der Waals surface area contributed by atoms with Gasteiger partial charge >= 0.3 is 0 Å². The van der Waals surface area contributed by atoms with E-state index in [1.165, 1.54) is 5.56 Å². The zero-order chi connectivity index (χ0) is 15.4. The number of rotatable bonds is 6. The van der Waals surface area contributed by atoms with Crippen molar-refractivity contribution in [2.75, 3.05) is 26.1 Å². The van der Waals surface area contributed by atoms with Gasteiger partial charge in [0.1, 0.15) is 0 Å². The second-order valence-electron chi connectivity index (χ2n) is 4.74. The van der Waals surface area contributed by atoms with Gasteiger partial charge in [-0.15, -0.1) is 0 Å². The number of hydrogen-bond acceptors (Lipinski definition) is 5. The average Bonchev–Trinajstić information content (AvgIpc) is 3.04. The molecule has 0 spiro atoms. The van der Waals surface area contributed by atoms with Crippen LogP contribution < -0.4 is 19.8 Å². The van der Waals surface area contributed by atoms with Crippen molar-refractivity contribution in [2.24, 2.45) is 0 Å². The first kappa shape index (κ1) is 14.1. The fourth-order valence-corrected chi connectivity index (χ4v) is 2.31. The highest BCUT2D eigenvalue weighted by molar-refractivity contribution is 5.79. The van der Waals surface area contributed by atoms with Gasteiger partial charge in [0.2, 0.25) is 12.1 Å². The monoisotopic (exact) mass is 300 g/mol. The van der Waals surface area contributed by atoms with Gasteiger partial charge in [-0.2, -0.15) is 0 Å². The number of aromatic nitrogens is 4. The van der Waals surface area contributed by atoms with Crippen molar-refractivity contribution in [3.8, 4) is 11.5 Å². The molecular weight excluding hydrogens is 282 g/mol. The molecule has 0 saturated heterocycles. The lowest BCUT2D eigenvalue weighted by Crippen LogP contribution is -2.16. The van der Waals surface area contributed by atoms with Crippen molar-refractivity contribution in [1.82, 2.24) is 15.0 Å². The van der Waals surface area contributed by atoms with Crippen LogP contribution in [0.25, 0.3) is 11.2 Å². The topological polar surface area (TPSA) is 86.2 Å². The largest absolute Gasteiger partial charge is 0.493 e. The molecule has 0 fully saturated rings. The number of nitrogens with zero attached hydrogens (tertiary/aromatic N) is 2. The van der Waals surface area contributed by atoms with Crippen LogP contribution in [0.2, 0.25) is 0 Å². The lowest BCUT2D eigenvalue weighted by atomic mass is 10.1. The maximum Gasteiger partial charge on any atom is 0.260 e. The number of H-pyrrole nitrogens is 2. The summed E-state index contributed by atoms with van der Waals surface area (Å²) in [7, 11) is 3.27. The number of imidazole rings is 1. The van der Waals surface area contributed by atoms with Gasteiger partial charge in [-0.3, -0.25) is 0 Å². The number of anilines is 1. The molecule has 2 heterocycles. The highest BCUT2D eigenvalue weighted by atomic mass is 16.5. The Balaban J connectivity index is 1.67. The molecule has 0 unspecified atom stereocenters. The highest BCUT2D eigenvalue weighted by Crippen LogP contribution is 2.27. The Bertz CT molecular complexity index is 771. The Labute approximate surface area is 127 Å².